The summed E-state index contributed by atoms with van der Waals surface area (Å²) >= 11 is 5.65. The third kappa shape index (κ3) is 4.01. The van der Waals surface area contributed by atoms with E-state index in [0.29, 0.717) is 11.4 Å². The quantitative estimate of drug-likeness (QED) is 0.404. The number of fused-ring (bicyclic) bond motifs is 1. The highest BCUT2D eigenvalue weighted by molar-refractivity contribution is 7.71. The van der Waals surface area contributed by atoms with Crippen molar-refractivity contribution in [2.24, 2.45) is 7.05 Å². The maximum atomic E-state index is 5.65. The van der Waals surface area contributed by atoms with Gasteiger partial charge in [0.2, 0.25) is 0 Å². The topological polar surface area (TPSA) is 35.2 Å². The molecule has 0 bridgehead atoms. The van der Waals surface area contributed by atoms with Gasteiger partial charge < -0.3 is 9.30 Å². The molecule has 6 heteroatoms. The Bertz CT molecular complexity index is 1260. The van der Waals surface area contributed by atoms with Gasteiger partial charge in [-0.3, -0.25) is 4.90 Å². The molecular formula is C24H26N4OS. The van der Waals surface area contributed by atoms with E-state index in [9.17, 15) is 0 Å². The van der Waals surface area contributed by atoms with Gasteiger partial charge in [0.1, 0.15) is 5.75 Å². The number of hydrogen-bond acceptors (Lipinski definition) is 4. The predicted molar refractivity (Wildman–Crippen MR) is 124 cm³/mol. The molecule has 0 fully saturated rings. The summed E-state index contributed by atoms with van der Waals surface area (Å²) in [6.07, 6.45) is 0. The SMILES string of the molecule is COc1ccc2cc(CN(C)Cn3nc(-c4ccccc4C)n(C)c3=S)ccc2c1. The van der Waals surface area contributed by atoms with Crippen LogP contribution in [0.1, 0.15) is 11.1 Å². The minimum atomic E-state index is 0.624. The van der Waals surface area contributed by atoms with Gasteiger partial charge in [0, 0.05) is 19.2 Å². The van der Waals surface area contributed by atoms with Crippen LogP contribution in [0.5, 0.6) is 5.75 Å². The Kier molecular flexibility index (Phi) is 5.70. The van der Waals surface area contributed by atoms with E-state index < -0.39 is 0 Å². The summed E-state index contributed by atoms with van der Waals surface area (Å²) in [5.41, 5.74) is 3.54. The van der Waals surface area contributed by atoms with Crippen LogP contribution >= 0.6 is 12.2 Å². The van der Waals surface area contributed by atoms with Crippen LogP contribution in [0.25, 0.3) is 22.2 Å². The van der Waals surface area contributed by atoms with Crippen molar-refractivity contribution in [2.75, 3.05) is 14.2 Å². The molecule has 1 heterocycles. The Morgan fingerprint density at radius 3 is 2.53 bits per heavy atom. The van der Waals surface area contributed by atoms with Crippen LogP contribution in [0.3, 0.4) is 0 Å². The Labute approximate surface area is 182 Å². The zero-order valence-electron chi connectivity index (χ0n) is 17.8. The molecule has 0 spiro atoms. The molecule has 154 valence electrons. The normalized spacial score (nSPS) is 11.4. The monoisotopic (exact) mass is 418 g/mol. The van der Waals surface area contributed by atoms with Crippen LogP contribution in [0, 0.1) is 11.7 Å². The Balaban J connectivity index is 1.54. The lowest BCUT2D eigenvalue weighted by Crippen LogP contribution is -2.22. The molecule has 0 aliphatic carbocycles. The third-order valence-corrected chi connectivity index (χ3v) is 5.85. The summed E-state index contributed by atoms with van der Waals surface area (Å²) in [5.74, 6) is 1.77. The first-order valence-corrected chi connectivity index (χ1v) is 10.3. The highest BCUT2D eigenvalue weighted by atomic mass is 32.1. The standard InChI is InChI=1S/C24H26N4OS/c1-17-7-5-6-8-22(17)23-25-28(24(30)27(23)3)16-26(2)15-18-9-10-20-14-21(29-4)12-11-19(20)13-18/h5-14H,15-16H2,1-4H3. The fourth-order valence-electron chi connectivity index (χ4n) is 3.73. The number of hydrogen-bond donors (Lipinski definition) is 0. The van der Waals surface area contributed by atoms with Gasteiger partial charge in [0.25, 0.3) is 0 Å². The molecule has 0 aliphatic rings. The van der Waals surface area contributed by atoms with Crippen molar-refractivity contribution in [3.05, 3.63) is 76.6 Å². The van der Waals surface area contributed by atoms with E-state index in [1.54, 1.807) is 7.11 Å². The van der Waals surface area contributed by atoms with Crippen LogP contribution in [-0.4, -0.2) is 33.4 Å². The maximum Gasteiger partial charge on any atom is 0.199 e. The van der Waals surface area contributed by atoms with Crippen LogP contribution in [0.4, 0.5) is 0 Å². The summed E-state index contributed by atoms with van der Waals surface area (Å²) in [6, 6.07) is 20.9. The molecule has 4 rings (SSSR count). The molecule has 0 aliphatic heterocycles. The molecule has 0 amide bonds. The van der Waals surface area contributed by atoms with Crippen molar-refractivity contribution in [3.63, 3.8) is 0 Å². The summed E-state index contributed by atoms with van der Waals surface area (Å²) in [6.45, 7) is 3.53. The summed E-state index contributed by atoms with van der Waals surface area (Å²) in [4.78, 5) is 2.22. The first-order chi connectivity index (χ1) is 14.5. The first kappa shape index (κ1) is 20.3. The molecule has 0 N–H and O–H groups in total. The van der Waals surface area contributed by atoms with Crippen molar-refractivity contribution in [1.29, 1.82) is 0 Å². The Morgan fingerprint density at radius 2 is 1.77 bits per heavy atom. The fraction of sp³-hybridized carbons (Fsp3) is 0.250. The second kappa shape index (κ2) is 8.42. The molecule has 0 saturated carbocycles. The second-order valence-corrected chi connectivity index (χ2v) is 8.05. The number of aryl methyl sites for hydroxylation is 1. The van der Waals surface area contributed by atoms with Crippen molar-refractivity contribution >= 4 is 23.0 Å². The van der Waals surface area contributed by atoms with E-state index in [4.69, 9.17) is 22.1 Å². The van der Waals surface area contributed by atoms with Gasteiger partial charge in [-0.1, -0.05) is 42.5 Å². The van der Waals surface area contributed by atoms with Gasteiger partial charge in [0.05, 0.1) is 13.8 Å². The molecule has 5 nitrogen and oxygen atoms in total. The lowest BCUT2D eigenvalue weighted by Gasteiger charge is -2.17. The Morgan fingerprint density at radius 1 is 1.03 bits per heavy atom. The summed E-state index contributed by atoms with van der Waals surface area (Å²) in [7, 11) is 5.76. The summed E-state index contributed by atoms with van der Waals surface area (Å²) in [5, 5.41) is 7.19. The van der Waals surface area contributed by atoms with Gasteiger partial charge in [-0.15, -0.1) is 0 Å². The number of benzene rings is 3. The lowest BCUT2D eigenvalue weighted by molar-refractivity contribution is 0.244. The minimum Gasteiger partial charge on any atom is -0.497 e. The molecule has 1 aromatic heterocycles. The van der Waals surface area contributed by atoms with Crippen LogP contribution in [0.15, 0.2) is 60.7 Å². The number of methoxy groups -OCH3 is 1. The lowest BCUT2D eigenvalue weighted by atomic mass is 10.1. The van der Waals surface area contributed by atoms with E-state index >= 15 is 0 Å². The van der Waals surface area contributed by atoms with Crippen LogP contribution in [-0.2, 0) is 20.3 Å². The molecule has 3 aromatic carbocycles. The molecule has 0 saturated heterocycles. The molecule has 0 radical (unpaired) electrons. The van der Waals surface area contributed by atoms with Crippen LogP contribution in [0.2, 0.25) is 0 Å². The van der Waals surface area contributed by atoms with Gasteiger partial charge in [-0.2, -0.15) is 5.10 Å². The van der Waals surface area contributed by atoms with Crippen molar-refractivity contribution in [1.82, 2.24) is 19.2 Å². The minimum absolute atomic E-state index is 0.624. The summed E-state index contributed by atoms with van der Waals surface area (Å²) < 4.78 is 9.90. The average molecular weight is 419 g/mol. The number of ether oxygens (including phenoxy) is 1. The van der Waals surface area contributed by atoms with Crippen molar-refractivity contribution < 1.29 is 4.74 Å². The van der Waals surface area contributed by atoms with Crippen molar-refractivity contribution in [3.8, 4) is 17.1 Å². The van der Waals surface area contributed by atoms with Crippen LogP contribution < -0.4 is 4.74 Å². The number of rotatable bonds is 6. The molecule has 30 heavy (non-hydrogen) atoms. The van der Waals surface area contributed by atoms with E-state index in [1.165, 1.54) is 21.9 Å². The molecule has 4 aromatic rings. The van der Waals surface area contributed by atoms with Crippen molar-refractivity contribution in [2.45, 2.75) is 20.1 Å². The maximum absolute atomic E-state index is 5.65. The first-order valence-electron chi connectivity index (χ1n) is 9.91. The fourth-order valence-corrected chi connectivity index (χ4v) is 3.91. The van der Waals surface area contributed by atoms with E-state index in [-0.39, 0.29) is 0 Å². The zero-order valence-corrected chi connectivity index (χ0v) is 18.6. The number of aromatic nitrogens is 3. The number of nitrogens with zero attached hydrogens (tertiary/aromatic N) is 4. The molecular weight excluding hydrogens is 392 g/mol. The Hall–Kier alpha value is -2.96. The third-order valence-electron chi connectivity index (χ3n) is 5.37. The van der Waals surface area contributed by atoms with Gasteiger partial charge in [0.15, 0.2) is 10.6 Å². The predicted octanol–water partition coefficient (Wildman–Crippen LogP) is 5.18. The molecule has 0 unspecified atom stereocenters. The smallest absolute Gasteiger partial charge is 0.199 e. The van der Waals surface area contributed by atoms with E-state index in [1.807, 2.05) is 34.5 Å². The highest BCUT2D eigenvalue weighted by Crippen LogP contribution is 2.23. The zero-order chi connectivity index (χ0) is 21.3. The van der Waals surface area contributed by atoms with Gasteiger partial charge in [-0.25, -0.2) is 4.68 Å². The van der Waals surface area contributed by atoms with E-state index in [0.717, 1.165) is 23.7 Å². The average Bonchev–Trinajstić information content (AvgIpc) is 3.02. The van der Waals surface area contributed by atoms with Gasteiger partial charge in [-0.05, 0) is 66.3 Å². The van der Waals surface area contributed by atoms with E-state index in [2.05, 4.69) is 61.3 Å². The largest absolute Gasteiger partial charge is 0.497 e. The second-order valence-electron chi connectivity index (χ2n) is 7.68. The molecule has 0 atom stereocenters. The highest BCUT2D eigenvalue weighted by Gasteiger charge is 2.13. The van der Waals surface area contributed by atoms with Gasteiger partial charge >= 0.3 is 0 Å².